The van der Waals surface area contributed by atoms with E-state index in [0.717, 1.165) is 0 Å². The van der Waals surface area contributed by atoms with E-state index < -0.39 is 10.8 Å². The van der Waals surface area contributed by atoms with E-state index in [1.54, 1.807) is 48.5 Å². The minimum absolute atomic E-state index is 0.133. The molecule has 0 aliphatic carbocycles. The number of nitro groups is 1. The SMILES string of the molecule is O=C(COc1ccccc1C(=O)Nc1ccccc1)Nc1cccc([N+](=O)[O-])c1. The summed E-state index contributed by atoms with van der Waals surface area (Å²) in [4.78, 5) is 34.9. The Morgan fingerprint density at radius 3 is 2.31 bits per heavy atom. The van der Waals surface area contributed by atoms with E-state index in [1.807, 2.05) is 6.07 Å². The predicted octanol–water partition coefficient (Wildman–Crippen LogP) is 3.86. The van der Waals surface area contributed by atoms with Crippen molar-refractivity contribution in [1.29, 1.82) is 0 Å². The average molecular weight is 391 g/mol. The van der Waals surface area contributed by atoms with Gasteiger partial charge >= 0.3 is 0 Å². The normalized spacial score (nSPS) is 10.1. The third-order valence-corrected chi connectivity index (χ3v) is 3.86. The van der Waals surface area contributed by atoms with Crippen molar-refractivity contribution in [3.8, 4) is 5.75 Å². The second-order valence-corrected chi connectivity index (χ2v) is 5.96. The monoisotopic (exact) mass is 391 g/mol. The van der Waals surface area contributed by atoms with Crippen molar-refractivity contribution in [3.05, 3.63) is 94.5 Å². The molecule has 0 aliphatic rings. The third-order valence-electron chi connectivity index (χ3n) is 3.86. The number of anilines is 2. The van der Waals surface area contributed by atoms with E-state index in [9.17, 15) is 19.7 Å². The largest absolute Gasteiger partial charge is 0.483 e. The van der Waals surface area contributed by atoms with E-state index in [2.05, 4.69) is 10.6 Å². The van der Waals surface area contributed by atoms with Crippen LogP contribution < -0.4 is 15.4 Å². The van der Waals surface area contributed by atoms with E-state index in [1.165, 1.54) is 24.3 Å². The van der Waals surface area contributed by atoms with Gasteiger partial charge in [0, 0.05) is 23.5 Å². The summed E-state index contributed by atoms with van der Waals surface area (Å²) in [6, 6.07) is 21.1. The van der Waals surface area contributed by atoms with Gasteiger partial charge in [0.2, 0.25) is 0 Å². The lowest BCUT2D eigenvalue weighted by Crippen LogP contribution is -2.21. The summed E-state index contributed by atoms with van der Waals surface area (Å²) >= 11 is 0. The lowest BCUT2D eigenvalue weighted by molar-refractivity contribution is -0.384. The molecular formula is C21H17N3O5. The Kier molecular flexibility index (Phi) is 6.16. The minimum atomic E-state index is -0.548. The molecular weight excluding hydrogens is 374 g/mol. The van der Waals surface area contributed by atoms with Crippen LogP contribution in [0.4, 0.5) is 17.1 Å². The lowest BCUT2D eigenvalue weighted by atomic mass is 10.2. The van der Waals surface area contributed by atoms with Crippen molar-refractivity contribution in [2.75, 3.05) is 17.2 Å². The fourth-order valence-electron chi connectivity index (χ4n) is 2.54. The van der Waals surface area contributed by atoms with Crippen LogP contribution in [0.1, 0.15) is 10.4 Å². The fourth-order valence-corrected chi connectivity index (χ4v) is 2.54. The van der Waals surface area contributed by atoms with Crippen LogP contribution in [-0.4, -0.2) is 23.3 Å². The van der Waals surface area contributed by atoms with Crippen molar-refractivity contribution in [1.82, 2.24) is 0 Å². The predicted molar refractivity (Wildman–Crippen MR) is 108 cm³/mol. The molecule has 0 atom stereocenters. The molecule has 0 aliphatic heterocycles. The number of hydrogen-bond donors (Lipinski definition) is 2. The Bertz CT molecular complexity index is 1040. The zero-order chi connectivity index (χ0) is 20.6. The molecule has 0 spiro atoms. The first-order valence-electron chi connectivity index (χ1n) is 8.65. The van der Waals surface area contributed by atoms with Gasteiger partial charge in [-0.3, -0.25) is 19.7 Å². The number of carbonyl (C=O) groups excluding carboxylic acids is 2. The van der Waals surface area contributed by atoms with E-state index in [4.69, 9.17) is 4.74 Å². The molecule has 8 nitrogen and oxygen atoms in total. The summed E-state index contributed by atoms with van der Waals surface area (Å²) in [6.45, 7) is -0.363. The summed E-state index contributed by atoms with van der Waals surface area (Å²) in [7, 11) is 0. The molecule has 0 unspecified atom stereocenters. The Hall–Kier alpha value is -4.20. The maximum Gasteiger partial charge on any atom is 0.271 e. The van der Waals surface area contributed by atoms with Crippen LogP contribution in [0.2, 0.25) is 0 Å². The number of amides is 2. The van der Waals surface area contributed by atoms with Crippen molar-refractivity contribution in [2.24, 2.45) is 0 Å². The van der Waals surface area contributed by atoms with Crippen molar-refractivity contribution in [3.63, 3.8) is 0 Å². The first-order chi connectivity index (χ1) is 14.0. The molecule has 0 aromatic heterocycles. The van der Waals surface area contributed by atoms with Crippen molar-refractivity contribution in [2.45, 2.75) is 0 Å². The number of carbonyl (C=O) groups is 2. The standard InChI is InChI=1S/C21H17N3O5/c25-20(22-16-9-6-10-17(13-16)24(27)28)14-29-19-12-5-4-11-18(19)21(26)23-15-7-2-1-3-8-15/h1-13H,14H2,(H,22,25)(H,23,26). The summed E-state index contributed by atoms with van der Waals surface area (Å²) in [6.07, 6.45) is 0. The molecule has 0 saturated carbocycles. The highest BCUT2D eigenvalue weighted by atomic mass is 16.6. The molecule has 8 heteroatoms. The highest BCUT2D eigenvalue weighted by molar-refractivity contribution is 6.06. The fraction of sp³-hybridized carbons (Fsp3) is 0.0476. The average Bonchev–Trinajstić information content (AvgIpc) is 2.73. The zero-order valence-corrected chi connectivity index (χ0v) is 15.2. The van der Waals surface area contributed by atoms with E-state index in [0.29, 0.717) is 5.69 Å². The van der Waals surface area contributed by atoms with Gasteiger partial charge in [0.05, 0.1) is 10.5 Å². The van der Waals surface area contributed by atoms with Crippen LogP contribution in [0.5, 0.6) is 5.75 Å². The Balaban J connectivity index is 1.63. The molecule has 0 fully saturated rings. The molecule has 3 aromatic carbocycles. The van der Waals surface area contributed by atoms with Gasteiger partial charge in [-0.25, -0.2) is 0 Å². The number of nitrogens with one attached hydrogen (secondary N) is 2. The van der Waals surface area contributed by atoms with Crippen LogP contribution in [0.25, 0.3) is 0 Å². The highest BCUT2D eigenvalue weighted by Gasteiger charge is 2.14. The summed E-state index contributed by atoms with van der Waals surface area (Å²) in [5, 5.41) is 16.1. The Labute approximate surface area is 166 Å². The second-order valence-electron chi connectivity index (χ2n) is 5.96. The molecule has 0 bridgehead atoms. The van der Waals surface area contributed by atoms with Gasteiger partial charge in [-0.15, -0.1) is 0 Å². The summed E-state index contributed by atoms with van der Waals surface area (Å²) < 4.78 is 5.50. The zero-order valence-electron chi connectivity index (χ0n) is 15.2. The molecule has 0 heterocycles. The van der Waals surface area contributed by atoms with Crippen LogP contribution in [0.3, 0.4) is 0 Å². The van der Waals surface area contributed by atoms with E-state index in [-0.39, 0.29) is 35.2 Å². The summed E-state index contributed by atoms with van der Waals surface area (Å²) in [5.41, 5.74) is 1.06. The maximum atomic E-state index is 12.5. The Morgan fingerprint density at radius 2 is 1.55 bits per heavy atom. The third kappa shape index (κ3) is 5.39. The molecule has 2 N–H and O–H groups in total. The molecule has 146 valence electrons. The first kappa shape index (κ1) is 19.6. The van der Waals surface area contributed by atoms with E-state index >= 15 is 0 Å². The number of hydrogen-bond acceptors (Lipinski definition) is 5. The van der Waals surface area contributed by atoms with Gasteiger partial charge in [0.1, 0.15) is 5.75 Å². The number of benzene rings is 3. The van der Waals surface area contributed by atoms with Gasteiger partial charge in [0.15, 0.2) is 6.61 Å². The highest BCUT2D eigenvalue weighted by Crippen LogP contribution is 2.20. The van der Waals surface area contributed by atoms with Gasteiger partial charge in [-0.2, -0.15) is 0 Å². The molecule has 2 amide bonds. The Morgan fingerprint density at radius 1 is 0.862 bits per heavy atom. The van der Waals surface area contributed by atoms with Crippen molar-refractivity contribution < 1.29 is 19.2 Å². The number of rotatable bonds is 7. The second kappa shape index (κ2) is 9.14. The lowest BCUT2D eigenvalue weighted by Gasteiger charge is -2.12. The number of ether oxygens (including phenoxy) is 1. The van der Waals surface area contributed by atoms with Crippen LogP contribution >= 0.6 is 0 Å². The molecule has 3 rings (SSSR count). The molecule has 0 saturated heterocycles. The number of non-ortho nitro benzene ring substituents is 1. The van der Waals surface area contributed by atoms with Gasteiger partial charge < -0.3 is 15.4 Å². The topological polar surface area (TPSA) is 111 Å². The van der Waals surface area contributed by atoms with Crippen molar-refractivity contribution >= 4 is 28.9 Å². The molecule has 3 aromatic rings. The van der Waals surface area contributed by atoms with Gasteiger partial charge in [0.25, 0.3) is 17.5 Å². The minimum Gasteiger partial charge on any atom is -0.483 e. The maximum absolute atomic E-state index is 12.5. The number of para-hydroxylation sites is 2. The van der Waals surface area contributed by atoms with Crippen LogP contribution in [0, 0.1) is 10.1 Å². The first-order valence-corrected chi connectivity index (χ1v) is 8.65. The molecule has 29 heavy (non-hydrogen) atoms. The molecule has 0 radical (unpaired) electrons. The van der Waals surface area contributed by atoms with Gasteiger partial charge in [-0.05, 0) is 30.3 Å². The quantitative estimate of drug-likeness (QED) is 0.469. The van der Waals surface area contributed by atoms with Crippen LogP contribution in [-0.2, 0) is 4.79 Å². The number of nitro benzene ring substituents is 1. The van der Waals surface area contributed by atoms with Crippen LogP contribution in [0.15, 0.2) is 78.9 Å². The van der Waals surface area contributed by atoms with Gasteiger partial charge in [-0.1, -0.05) is 36.4 Å². The summed E-state index contributed by atoms with van der Waals surface area (Å²) in [5.74, 6) is -0.634. The number of nitrogens with zero attached hydrogens (tertiary/aromatic N) is 1. The smallest absolute Gasteiger partial charge is 0.271 e.